The fraction of sp³-hybridized carbons (Fsp3) is 0.613. The van der Waals surface area contributed by atoms with E-state index in [4.69, 9.17) is 4.74 Å². The number of fused-ring (bicyclic) bond motifs is 5. The minimum absolute atomic E-state index is 0. The molecule has 1 aromatic heterocycles. The molecular weight excluding hydrogens is 592 g/mol. The number of allylic oxidation sites excluding steroid dienone is 1. The lowest BCUT2D eigenvalue weighted by Crippen LogP contribution is -3.00. The average Bonchev–Trinajstić information content (AvgIpc) is 3.44. The van der Waals surface area contributed by atoms with Crippen LogP contribution >= 0.6 is 15.9 Å². The SMILES string of the molecule is CC(=O)O[C@H]1CC[C@@]2(C)C(=CC[C@H]3[C@@H]4CC[C@H](n5cc[n+](Cc6ccccc6Br)c5)[C@@]4(C)CC[C@@H]32)C1.[Br-]. The summed E-state index contributed by atoms with van der Waals surface area (Å²) in [6, 6.07) is 9.11. The molecule has 0 saturated heterocycles. The molecule has 6 rings (SSSR count). The summed E-state index contributed by atoms with van der Waals surface area (Å²) in [5.74, 6) is 2.22. The summed E-state index contributed by atoms with van der Waals surface area (Å²) in [4.78, 5) is 11.5. The number of aromatic nitrogens is 2. The van der Waals surface area contributed by atoms with Crippen LogP contribution in [0.1, 0.15) is 83.7 Å². The van der Waals surface area contributed by atoms with E-state index >= 15 is 0 Å². The third-order valence-corrected chi connectivity index (χ3v) is 11.5. The summed E-state index contributed by atoms with van der Waals surface area (Å²) in [7, 11) is 0. The molecule has 3 saturated carbocycles. The number of imidazole rings is 1. The molecule has 200 valence electrons. The minimum Gasteiger partial charge on any atom is -1.00 e. The van der Waals surface area contributed by atoms with Gasteiger partial charge in [0.15, 0.2) is 0 Å². The normalized spacial score (nSPS) is 36.4. The van der Waals surface area contributed by atoms with Crippen molar-refractivity contribution in [1.82, 2.24) is 4.57 Å². The van der Waals surface area contributed by atoms with Crippen molar-refractivity contribution in [2.24, 2.45) is 28.6 Å². The lowest BCUT2D eigenvalue weighted by atomic mass is 9.48. The van der Waals surface area contributed by atoms with Gasteiger partial charge in [-0.25, -0.2) is 9.13 Å². The van der Waals surface area contributed by atoms with E-state index in [9.17, 15) is 4.79 Å². The van der Waals surface area contributed by atoms with Crippen LogP contribution < -0.4 is 21.5 Å². The number of hydrogen-bond donors (Lipinski definition) is 0. The zero-order valence-electron chi connectivity index (χ0n) is 22.3. The molecule has 6 heteroatoms. The van der Waals surface area contributed by atoms with Crippen molar-refractivity contribution in [3.63, 3.8) is 0 Å². The second-order valence-electron chi connectivity index (χ2n) is 12.5. The molecule has 0 amide bonds. The van der Waals surface area contributed by atoms with Gasteiger partial charge in [-0.1, -0.05) is 59.6 Å². The summed E-state index contributed by atoms with van der Waals surface area (Å²) in [6.45, 7) is 7.57. The second-order valence-corrected chi connectivity index (χ2v) is 13.4. The van der Waals surface area contributed by atoms with Gasteiger partial charge in [-0.05, 0) is 74.2 Å². The number of nitrogens with zero attached hydrogens (tertiary/aromatic N) is 2. The molecule has 1 aromatic carbocycles. The van der Waals surface area contributed by atoms with Gasteiger partial charge in [0.05, 0.1) is 0 Å². The molecule has 37 heavy (non-hydrogen) atoms. The molecule has 3 fully saturated rings. The highest BCUT2D eigenvalue weighted by atomic mass is 79.9. The Labute approximate surface area is 240 Å². The Bertz CT molecular complexity index is 1190. The molecular formula is C31H40Br2N2O2. The minimum atomic E-state index is -0.133. The fourth-order valence-corrected chi connectivity index (χ4v) is 9.35. The number of hydrogen-bond acceptors (Lipinski definition) is 2. The van der Waals surface area contributed by atoms with Crippen LogP contribution in [0.25, 0.3) is 0 Å². The first-order chi connectivity index (χ1) is 17.3. The van der Waals surface area contributed by atoms with Gasteiger partial charge < -0.3 is 21.7 Å². The molecule has 0 unspecified atom stereocenters. The van der Waals surface area contributed by atoms with Gasteiger partial charge in [0.2, 0.25) is 6.33 Å². The molecule has 2 aromatic rings. The van der Waals surface area contributed by atoms with Crippen molar-refractivity contribution >= 4 is 21.9 Å². The molecule has 4 aliphatic carbocycles. The van der Waals surface area contributed by atoms with Gasteiger partial charge in [-0.3, -0.25) is 4.79 Å². The van der Waals surface area contributed by atoms with Crippen molar-refractivity contribution in [2.75, 3.05) is 0 Å². The van der Waals surface area contributed by atoms with Crippen LogP contribution in [-0.4, -0.2) is 16.6 Å². The predicted molar refractivity (Wildman–Crippen MR) is 144 cm³/mol. The lowest BCUT2D eigenvalue weighted by Gasteiger charge is -2.57. The van der Waals surface area contributed by atoms with Gasteiger partial charge >= 0.3 is 5.97 Å². The molecule has 1 heterocycles. The molecule has 0 bridgehead atoms. The van der Waals surface area contributed by atoms with E-state index in [0.29, 0.717) is 16.9 Å². The fourth-order valence-electron chi connectivity index (χ4n) is 8.94. The predicted octanol–water partition coefficient (Wildman–Crippen LogP) is 4.03. The Morgan fingerprint density at radius 2 is 1.95 bits per heavy atom. The Balaban J connectivity index is 0.00000280. The number of benzene rings is 1. The van der Waals surface area contributed by atoms with Crippen LogP contribution in [0, 0.1) is 28.6 Å². The summed E-state index contributed by atoms with van der Waals surface area (Å²) in [5, 5.41) is 0. The summed E-state index contributed by atoms with van der Waals surface area (Å²) < 4.78 is 11.7. The van der Waals surface area contributed by atoms with Gasteiger partial charge in [-0.2, -0.15) is 0 Å². The Kier molecular flexibility index (Phi) is 7.56. The number of carbonyl (C=O) groups is 1. The largest absolute Gasteiger partial charge is 1.00 e. The van der Waals surface area contributed by atoms with Crippen molar-refractivity contribution < 1.29 is 31.1 Å². The third-order valence-electron chi connectivity index (χ3n) is 10.7. The molecule has 0 N–H and O–H groups in total. The number of halogens is 2. The first-order valence-corrected chi connectivity index (χ1v) is 14.7. The smallest absolute Gasteiger partial charge is 0.302 e. The van der Waals surface area contributed by atoms with E-state index < -0.39 is 0 Å². The average molecular weight is 632 g/mol. The van der Waals surface area contributed by atoms with Crippen LogP contribution in [0.15, 0.2) is 59.1 Å². The maximum absolute atomic E-state index is 11.5. The summed E-state index contributed by atoms with van der Waals surface area (Å²) in [5.41, 5.74) is 3.55. The highest BCUT2D eigenvalue weighted by molar-refractivity contribution is 9.10. The van der Waals surface area contributed by atoms with Gasteiger partial charge in [0.1, 0.15) is 31.1 Å². The lowest BCUT2D eigenvalue weighted by molar-refractivity contribution is -0.688. The van der Waals surface area contributed by atoms with Crippen LogP contribution in [0.2, 0.25) is 0 Å². The monoisotopic (exact) mass is 630 g/mol. The zero-order valence-corrected chi connectivity index (χ0v) is 25.5. The van der Waals surface area contributed by atoms with E-state index in [1.165, 1.54) is 42.1 Å². The number of rotatable bonds is 4. The number of ether oxygens (including phenoxy) is 1. The van der Waals surface area contributed by atoms with Crippen LogP contribution in [0.3, 0.4) is 0 Å². The van der Waals surface area contributed by atoms with E-state index in [1.54, 1.807) is 12.5 Å². The first-order valence-electron chi connectivity index (χ1n) is 13.9. The van der Waals surface area contributed by atoms with E-state index in [1.807, 2.05) is 0 Å². The van der Waals surface area contributed by atoms with Crippen molar-refractivity contribution in [3.8, 4) is 0 Å². The highest BCUT2D eigenvalue weighted by Crippen LogP contribution is 2.67. The molecule has 0 aliphatic heterocycles. The quantitative estimate of drug-likeness (QED) is 0.290. The van der Waals surface area contributed by atoms with Crippen molar-refractivity contribution in [3.05, 3.63) is 64.7 Å². The van der Waals surface area contributed by atoms with Gasteiger partial charge in [0.25, 0.3) is 0 Å². The Morgan fingerprint density at radius 3 is 2.73 bits per heavy atom. The third kappa shape index (κ3) is 4.68. The summed E-state index contributed by atoms with van der Waals surface area (Å²) >= 11 is 3.71. The molecule has 4 aliphatic rings. The Morgan fingerprint density at radius 1 is 1.14 bits per heavy atom. The van der Waals surface area contributed by atoms with E-state index in [2.05, 4.69) is 88.0 Å². The number of esters is 1. The van der Waals surface area contributed by atoms with Crippen molar-refractivity contribution in [1.29, 1.82) is 0 Å². The molecule has 0 radical (unpaired) electrons. The van der Waals surface area contributed by atoms with Crippen LogP contribution in [0.4, 0.5) is 0 Å². The standard InChI is InChI=1S/C31H40BrN2O2.BrH/c1-21(35)36-24-12-14-30(2)23(18-24)8-9-25-26-10-11-29(31(26,3)15-13-27(25)30)34-17-16-33(20-34)19-22-6-4-5-7-28(22)32;/h4-8,16-17,20,24-27,29H,9-15,18-19H2,1-3H3;1H/q+1;/p-1/t24-,25-,26-,27-,29-,30-,31-;/m0./s1. The maximum atomic E-state index is 11.5. The van der Waals surface area contributed by atoms with Gasteiger partial charge in [0, 0.05) is 28.8 Å². The van der Waals surface area contributed by atoms with E-state index in [0.717, 1.165) is 43.6 Å². The second kappa shape index (κ2) is 10.3. The Hall–Kier alpha value is -1.40. The summed E-state index contributed by atoms with van der Waals surface area (Å²) in [6.07, 6.45) is 19.2. The van der Waals surface area contributed by atoms with Gasteiger partial charge in [-0.15, -0.1) is 0 Å². The van der Waals surface area contributed by atoms with Crippen molar-refractivity contribution in [2.45, 2.75) is 90.8 Å². The van der Waals surface area contributed by atoms with Crippen LogP contribution in [-0.2, 0) is 16.1 Å². The van der Waals surface area contributed by atoms with Crippen LogP contribution in [0.5, 0.6) is 0 Å². The molecule has 0 spiro atoms. The number of carbonyl (C=O) groups excluding carboxylic acids is 1. The van der Waals surface area contributed by atoms with E-state index in [-0.39, 0.29) is 29.1 Å². The maximum Gasteiger partial charge on any atom is 0.302 e. The zero-order chi connectivity index (χ0) is 25.1. The topological polar surface area (TPSA) is 35.1 Å². The molecule has 4 nitrogen and oxygen atoms in total. The first kappa shape index (κ1) is 27.2. The highest BCUT2D eigenvalue weighted by Gasteiger charge is 2.60. The molecule has 7 atom stereocenters.